The van der Waals surface area contributed by atoms with Gasteiger partial charge in [-0.05, 0) is 30.5 Å². The third-order valence-electron chi connectivity index (χ3n) is 4.07. The standard InChI is InChI=1S/C15H13Cl2N5O/c16-10-3-1-8(11(17)7-10)6-14-18-15(23-21-14)9-2-4-12-13(5-9)20-22-19-12/h1,3,7,9H,2,4-6H2,(H,19,20,22). The molecular formula is C15H13Cl2N5O. The van der Waals surface area contributed by atoms with Crippen LogP contribution in [-0.4, -0.2) is 25.6 Å². The zero-order valence-corrected chi connectivity index (χ0v) is 13.6. The van der Waals surface area contributed by atoms with E-state index in [1.165, 1.54) is 0 Å². The largest absolute Gasteiger partial charge is 0.339 e. The van der Waals surface area contributed by atoms with Gasteiger partial charge in [0.1, 0.15) is 0 Å². The lowest BCUT2D eigenvalue weighted by molar-refractivity contribution is 0.336. The van der Waals surface area contributed by atoms with Crippen molar-refractivity contribution in [3.05, 3.63) is 56.9 Å². The van der Waals surface area contributed by atoms with Crippen LogP contribution in [0.1, 0.15) is 41.0 Å². The van der Waals surface area contributed by atoms with Gasteiger partial charge in [0, 0.05) is 28.8 Å². The van der Waals surface area contributed by atoms with Crippen molar-refractivity contribution in [2.24, 2.45) is 0 Å². The number of fused-ring (bicyclic) bond motifs is 1. The predicted octanol–water partition coefficient (Wildman–Crippen LogP) is 3.36. The summed E-state index contributed by atoms with van der Waals surface area (Å²) in [5.41, 5.74) is 2.95. The number of H-pyrrole nitrogens is 1. The van der Waals surface area contributed by atoms with Gasteiger partial charge in [-0.25, -0.2) is 0 Å². The number of benzene rings is 1. The number of hydrogen-bond acceptors (Lipinski definition) is 5. The van der Waals surface area contributed by atoms with Crippen molar-refractivity contribution in [3.8, 4) is 0 Å². The molecule has 0 fully saturated rings. The highest BCUT2D eigenvalue weighted by Crippen LogP contribution is 2.30. The van der Waals surface area contributed by atoms with Crippen LogP contribution in [0.4, 0.5) is 0 Å². The van der Waals surface area contributed by atoms with Gasteiger partial charge in [-0.1, -0.05) is 34.4 Å². The van der Waals surface area contributed by atoms with Gasteiger partial charge in [-0.3, -0.25) is 0 Å². The van der Waals surface area contributed by atoms with Crippen LogP contribution in [0.5, 0.6) is 0 Å². The predicted molar refractivity (Wildman–Crippen MR) is 84.7 cm³/mol. The van der Waals surface area contributed by atoms with E-state index >= 15 is 0 Å². The van der Waals surface area contributed by atoms with Gasteiger partial charge in [0.15, 0.2) is 5.82 Å². The van der Waals surface area contributed by atoms with E-state index < -0.39 is 0 Å². The minimum atomic E-state index is 0.189. The molecule has 6 nitrogen and oxygen atoms in total. The van der Waals surface area contributed by atoms with Crippen molar-refractivity contribution in [1.82, 2.24) is 25.6 Å². The normalized spacial score (nSPS) is 17.2. The topological polar surface area (TPSA) is 80.5 Å². The fraction of sp³-hybridized carbons (Fsp3) is 0.333. The van der Waals surface area contributed by atoms with E-state index in [-0.39, 0.29) is 5.92 Å². The summed E-state index contributed by atoms with van der Waals surface area (Å²) >= 11 is 12.1. The van der Waals surface area contributed by atoms with E-state index in [2.05, 4.69) is 25.6 Å². The Kier molecular flexibility index (Phi) is 3.79. The smallest absolute Gasteiger partial charge is 0.230 e. The fourth-order valence-corrected chi connectivity index (χ4v) is 3.31. The van der Waals surface area contributed by atoms with Crippen molar-refractivity contribution >= 4 is 23.2 Å². The maximum Gasteiger partial charge on any atom is 0.230 e. The third-order valence-corrected chi connectivity index (χ3v) is 4.66. The van der Waals surface area contributed by atoms with Crippen molar-refractivity contribution in [1.29, 1.82) is 0 Å². The molecule has 0 radical (unpaired) electrons. The average Bonchev–Trinajstić information content (AvgIpc) is 3.18. The molecule has 1 N–H and O–H groups in total. The highest BCUT2D eigenvalue weighted by atomic mass is 35.5. The van der Waals surface area contributed by atoms with E-state index in [4.69, 9.17) is 27.7 Å². The Bertz CT molecular complexity index is 844. The molecule has 1 aliphatic carbocycles. The molecular weight excluding hydrogens is 337 g/mol. The number of rotatable bonds is 3. The monoisotopic (exact) mass is 349 g/mol. The Hall–Kier alpha value is -1.92. The van der Waals surface area contributed by atoms with E-state index in [0.29, 0.717) is 28.2 Å². The highest BCUT2D eigenvalue weighted by Gasteiger charge is 2.27. The molecule has 1 aliphatic rings. The molecule has 0 aliphatic heterocycles. The van der Waals surface area contributed by atoms with Crippen LogP contribution in [0.3, 0.4) is 0 Å². The molecule has 0 bridgehead atoms. The molecule has 3 aromatic rings. The first-order valence-corrected chi connectivity index (χ1v) is 8.09. The van der Waals surface area contributed by atoms with Crippen LogP contribution in [0.2, 0.25) is 10.0 Å². The molecule has 8 heteroatoms. The second-order valence-electron chi connectivity index (χ2n) is 5.62. The summed E-state index contributed by atoms with van der Waals surface area (Å²) in [6, 6.07) is 5.40. The minimum absolute atomic E-state index is 0.189. The van der Waals surface area contributed by atoms with Gasteiger partial charge < -0.3 is 4.52 Å². The van der Waals surface area contributed by atoms with Crippen LogP contribution in [0, 0.1) is 0 Å². The van der Waals surface area contributed by atoms with Crippen molar-refractivity contribution in [2.45, 2.75) is 31.6 Å². The number of aromatic nitrogens is 5. The fourth-order valence-electron chi connectivity index (χ4n) is 2.84. The van der Waals surface area contributed by atoms with Crippen LogP contribution < -0.4 is 0 Å². The number of nitrogens with zero attached hydrogens (tertiary/aromatic N) is 4. The SMILES string of the molecule is Clc1ccc(Cc2noc(C3CCc4n[nH]nc4C3)n2)c(Cl)c1. The molecule has 1 unspecified atom stereocenters. The molecule has 4 rings (SSSR count). The van der Waals surface area contributed by atoms with Gasteiger partial charge >= 0.3 is 0 Å². The number of hydrogen-bond donors (Lipinski definition) is 1. The molecule has 118 valence electrons. The van der Waals surface area contributed by atoms with E-state index in [1.807, 2.05) is 6.07 Å². The molecule has 1 aromatic carbocycles. The van der Waals surface area contributed by atoms with E-state index in [1.54, 1.807) is 12.1 Å². The number of halogens is 2. The second-order valence-corrected chi connectivity index (χ2v) is 6.46. The number of aryl methyl sites for hydroxylation is 1. The second kappa shape index (κ2) is 5.94. The van der Waals surface area contributed by atoms with Crippen LogP contribution in [-0.2, 0) is 19.3 Å². The summed E-state index contributed by atoms with van der Waals surface area (Å²) < 4.78 is 5.44. The first-order valence-electron chi connectivity index (χ1n) is 7.34. The maximum absolute atomic E-state index is 6.19. The zero-order chi connectivity index (χ0) is 15.8. The lowest BCUT2D eigenvalue weighted by Gasteiger charge is -2.15. The lowest BCUT2D eigenvalue weighted by atomic mass is 9.90. The summed E-state index contributed by atoms with van der Waals surface area (Å²) in [6.07, 6.45) is 3.09. The van der Waals surface area contributed by atoms with Gasteiger partial charge in [-0.15, -0.1) is 0 Å². The molecule has 0 spiro atoms. The van der Waals surface area contributed by atoms with Gasteiger partial charge in [-0.2, -0.15) is 20.4 Å². The van der Waals surface area contributed by atoms with E-state index in [9.17, 15) is 0 Å². The van der Waals surface area contributed by atoms with Crippen LogP contribution in [0.25, 0.3) is 0 Å². The third kappa shape index (κ3) is 2.96. The van der Waals surface area contributed by atoms with Crippen molar-refractivity contribution < 1.29 is 4.52 Å². The van der Waals surface area contributed by atoms with E-state index in [0.717, 1.165) is 36.2 Å². The first kappa shape index (κ1) is 14.7. The van der Waals surface area contributed by atoms with Gasteiger partial charge in [0.2, 0.25) is 5.89 Å². The Morgan fingerprint density at radius 2 is 2.09 bits per heavy atom. The molecule has 0 saturated heterocycles. The van der Waals surface area contributed by atoms with Gasteiger partial charge in [0.05, 0.1) is 11.4 Å². The lowest BCUT2D eigenvalue weighted by Crippen LogP contribution is -2.13. The van der Waals surface area contributed by atoms with Crippen LogP contribution >= 0.6 is 23.2 Å². The van der Waals surface area contributed by atoms with Crippen molar-refractivity contribution in [3.63, 3.8) is 0 Å². The first-order chi connectivity index (χ1) is 11.2. The number of aromatic amines is 1. The molecule has 23 heavy (non-hydrogen) atoms. The Labute approximate surface area is 142 Å². The molecule has 1 atom stereocenters. The average molecular weight is 350 g/mol. The Morgan fingerprint density at radius 1 is 1.22 bits per heavy atom. The minimum Gasteiger partial charge on any atom is -0.339 e. The summed E-state index contributed by atoms with van der Waals surface area (Å²) in [5, 5.41) is 16.3. The quantitative estimate of drug-likeness (QED) is 0.783. The molecule has 0 saturated carbocycles. The Morgan fingerprint density at radius 3 is 2.96 bits per heavy atom. The summed E-state index contributed by atoms with van der Waals surface area (Å²) in [6.45, 7) is 0. The molecule has 2 aromatic heterocycles. The van der Waals surface area contributed by atoms with Crippen molar-refractivity contribution in [2.75, 3.05) is 0 Å². The molecule has 0 amide bonds. The summed E-state index contributed by atoms with van der Waals surface area (Å²) in [5.74, 6) is 1.46. The summed E-state index contributed by atoms with van der Waals surface area (Å²) in [7, 11) is 0. The maximum atomic E-state index is 6.19. The highest BCUT2D eigenvalue weighted by molar-refractivity contribution is 6.35. The zero-order valence-electron chi connectivity index (χ0n) is 12.1. The molecule has 2 heterocycles. The van der Waals surface area contributed by atoms with Crippen LogP contribution in [0.15, 0.2) is 22.7 Å². The Balaban J connectivity index is 1.51. The van der Waals surface area contributed by atoms with Gasteiger partial charge in [0.25, 0.3) is 0 Å². The summed E-state index contributed by atoms with van der Waals surface area (Å²) in [4.78, 5) is 4.52. The number of nitrogens with one attached hydrogen (secondary N) is 1.